The maximum absolute atomic E-state index is 13.5. The molecule has 1 N–H and O–H groups in total. The number of benzene rings is 2. The molecule has 9 heteroatoms. The first-order chi connectivity index (χ1) is 17.1. The molecule has 2 aromatic heterocycles. The van der Waals surface area contributed by atoms with Crippen molar-refractivity contribution in [2.24, 2.45) is 0 Å². The number of aromatic amines is 1. The molecule has 0 amide bonds. The number of aromatic nitrogens is 5. The number of tetrazole rings is 1. The topological polar surface area (TPSA) is 88.9 Å². The molecule has 0 aliphatic carbocycles. The van der Waals surface area contributed by atoms with Crippen molar-refractivity contribution in [3.63, 3.8) is 0 Å². The Morgan fingerprint density at radius 1 is 1.11 bits per heavy atom. The van der Waals surface area contributed by atoms with Crippen molar-refractivity contribution in [3.05, 3.63) is 87.2 Å². The van der Waals surface area contributed by atoms with Crippen LogP contribution in [0.4, 0.5) is 4.39 Å². The van der Waals surface area contributed by atoms with Crippen LogP contribution in [0.3, 0.4) is 0 Å². The summed E-state index contributed by atoms with van der Waals surface area (Å²) in [6, 6.07) is 14.5. The lowest BCUT2D eigenvalue weighted by Crippen LogP contribution is -2.29. The highest BCUT2D eigenvalue weighted by Crippen LogP contribution is 2.18. The van der Waals surface area contributed by atoms with Gasteiger partial charge in [-0.05, 0) is 76.5 Å². The molecule has 35 heavy (non-hydrogen) atoms. The second kappa shape index (κ2) is 10.5. The van der Waals surface area contributed by atoms with E-state index in [2.05, 4.69) is 38.4 Å². The number of aryl methyl sites for hydroxylation is 1. The molecule has 4 aromatic rings. The van der Waals surface area contributed by atoms with Gasteiger partial charge in [0.15, 0.2) is 5.82 Å². The highest BCUT2D eigenvalue weighted by Gasteiger charge is 2.21. The Labute approximate surface area is 202 Å². The summed E-state index contributed by atoms with van der Waals surface area (Å²) >= 11 is 0. The molecule has 3 heterocycles. The normalized spacial score (nSPS) is 15.9. The van der Waals surface area contributed by atoms with Crippen molar-refractivity contribution >= 4 is 10.9 Å². The largest absolute Gasteiger partial charge is 0.376 e. The molecule has 0 bridgehead atoms. The fraction of sp³-hybridized carbons (Fsp3) is 0.385. The zero-order valence-corrected chi connectivity index (χ0v) is 19.8. The number of nitrogens with one attached hydrogen (secondary N) is 1. The molecule has 1 unspecified atom stereocenters. The van der Waals surface area contributed by atoms with Gasteiger partial charge in [0, 0.05) is 30.8 Å². The molecule has 1 aliphatic heterocycles. The van der Waals surface area contributed by atoms with Crippen molar-refractivity contribution in [2.75, 3.05) is 6.61 Å². The molecule has 0 spiro atoms. The van der Waals surface area contributed by atoms with E-state index >= 15 is 0 Å². The van der Waals surface area contributed by atoms with Crippen molar-refractivity contribution in [1.82, 2.24) is 30.1 Å². The number of halogens is 1. The van der Waals surface area contributed by atoms with E-state index in [1.54, 1.807) is 16.8 Å². The number of ether oxygens (including phenoxy) is 1. The SMILES string of the molecule is CCc1ccc2[nH]c(=O)c(CN(Cc3ccc(F)cc3)Cc3nnnn3CC3CCCO3)cc2c1. The Balaban J connectivity index is 1.43. The number of nitrogens with zero attached hydrogens (tertiary/aromatic N) is 5. The molecular formula is C26H29FN6O2. The summed E-state index contributed by atoms with van der Waals surface area (Å²) in [6.07, 6.45) is 3.07. The van der Waals surface area contributed by atoms with Crippen LogP contribution in [0.2, 0.25) is 0 Å². The summed E-state index contributed by atoms with van der Waals surface area (Å²) in [5.41, 5.74) is 3.51. The number of rotatable bonds is 9. The minimum absolute atomic E-state index is 0.110. The minimum atomic E-state index is -0.279. The molecule has 5 rings (SSSR count). The van der Waals surface area contributed by atoms with Gasteiger partial charge in [-0.2, -0.15) is 0 Å². The molecule has 182 valence electrons. The fourth-order valence-electron chi connectivity index (χ4n) is 4.55. The predicted molar refractivity (Wildman–Crippen MR) is 130 cm³/mol. The summed E-state index contributed by atoms with van der Waals surface area (Å²) in [4.78, 5) is 18.0. The Bertz CT molecular complexity index is 1340. The third-order valence-corrected chi connectivity index (χ3v) is 6.48. The van der Waals surface area contributed by atoms with Gasteiger partial charge in [-0.25, -0.2) is 9.07 Å². The van der Waals surface area contributed by atoms with E-state index in [1.807, 2.05) is 18.2 Å². The van der Waals surface area contributed by atoms with E-state index in [1.165, 1.54) is 17.7 Å². The van der Waals surface area contributed by atoms with Crippen LogP contribution in [0.25, 0.3) is 10.9 Å². The van der Waals surface area contributed by atoms with Crippen LogP contribution in [-0.4, -0.2) is 42.8 Å². The van der Waals surface area contributed by atoms with Crippen molar-refractivity contribution in [3.8, 4) is 0 Å². The molecule has 2 aromatic carbocycles. The third kappa shape index (κ3) is 5.63. The quantitative estimate of drug-likeness (QED) is 0.397. The van der Waals surface area contributed by atoms with E-state index in [0.717, 1.165) is 42.3 Å². The fourth-order valence-corrected chi connectivity index (χ4v) is 4.55. The maximum Gasteiger partial charge on any atom is 0.252 e. The number of hydrogen-bond donors (Lipinski definition) is 1. The van der Waals surface area contributed by atoms with Crippen LogP contribution in [0.5, 0.6) is 0 Å². The van der Waals surface area contributed by atoms with Crippen molar-refractivity contribution in [1.29, 1.82) is 0 Å². The van der Waals surface area contributed by atoms with Gasteiger partial charge in [0.05, 0.1) is 19.2 Å². The molecule has 1 aliphatic rings. The number of hydrogen-bond acceptors (Lipinski definition) is 6. The predicted octanol–water partition coefficient (Wildman–Crippen LogP) is 3.60. The van der Waals surface area contributed by atoms with Gasteiger partial charge in [-0.15, -0.1) is 5.10 Å². The first kappa shape index (κ1) is 23.3. The summed E-state index contributed by atoms with van der Waals surface area (Å²) in [5.74, 6) is 0.423. The lowest BCUT2D eigenvalue weighted by Gasteiger charge is -2.22. The third-order valence-electron chi connectivity index (χ3n) is 6.48. The van der Waals surface area contributed by atoms with Crippen molar-refractivity contribution < 1.29 is 9.13 Å². The molecule has 1 fully saturated rings. The van der Waals surface area contributed by atoms with Gasteiger partial charge >= 0.3 is 0 Å². The summed E-state index contributed by atoms with van der Waals surface area (Å²) < 4.78 is 21.0. The van der Waals surface area contributed by atoms with Crippen LogP contribution >= 0.6 is 0 Å². The number of H-pyrrole nitrogens is 1. The second-order valence-electron chi connectivity index (χ2n) is 9.08. The Morgan fingerprint density at radius 3 is 2.71 bits per heavy atom. The van der Waals surface area contributed by atoms with Gasteiger partial charge in [0.1, 0.15) is 5.82 Å². The van der Waals surface area contributed by atoms with Crippen LogP contribution in [0, 0.1) is 5.82 Å². The van der Waals surface area contributed by atoms with E-state index in [-0.39, 0.29) is 17.5 Å². The minimum Gasteiger partial charge on any atom is -0.376 e. The molecule has 0 saturated carbocycles. The zero-order valence-electron chi connectivity index (χ0n) is 19.8. The van der Waals surface area contributed by atoms with Gasteiger partial charge in [0.25, 0.3) is 5.56 Å². The lowest BCUT2D eigenvalue weighted by molar-refractivity contribution is 0.0914. The highest BCUT2D eigenvalue weighted by molar-refractivity contribution is 5.79. The van der Waals surface area contributed by atoms with Crippen LogP contribution in [0.1, 0.15) is 42.3 Å². The molecule has 1 atom stereocenters. The van der Waals surface area contributed by atoms with E-state index in [4.69, 9.17) is 4.74 Å². The van der Waals surface area contributed by atoms with E-state index < -0.39 is 0 Å². The summed E-state index contributed by atoms with van der Waals surface area (Å²) in [6.45, 7) is 4.82. The van der Waals surface area contributed by atoms with Crippen LogP contribution < -0.4 is 5.56 Å². The summed E-state index contributed by atoms with van der Waals surface area (Å²) in [5, 5.41) is 13.3. The van der Waals surface area contributed by atoms with Crippen molar-refractivity contribution in [2.45, 2.75) is 58.5 Å². The lowest BCUT2D eigenvalue weighted by atomic mass is 10.1. The standard InChI is InChI=1S/C26H29FN6O2/c1-2-18-7-10-24-20(12-18)13-21(26(34)28-24)15-32(14-19-5-8-22(27)9-6-19)17-25-29-30-31-33(25)16-23-4-3-11-35-23/h5-10,12-13,23H,2-4,11,14-17H2,1H3,(H,28,34). The zero-order chi connectivity index (χ0) is 24.2. The Morgan fingerprint density at radius 2 is 1.94 bits per heavy atom. The van der Waals surface area contributed by atoms with Gasteiger partial charge in [-0.1, -0.05) is 25.1 Å². The first-order valence-corrected chi connectivity index (χ1v) is 12.1. The van der Waals surface area contributed by atoms with E-state index in [9.17, 15) is 9.18 Å². The number of pyridine rings is 1. The van der Waals surface area contributed by atoms with Gasteiger partial charge in [-0.3, -0.25) is 9.69 Å². The first-order valence-electron chi connectivity index (χ1n) is 12.1. The average Bonchev–Trinajstić information content (AvgIpc) is 3.53. The molecule has 8 nitrogen and oxygen atoms in total. The molecule has 0 radical (unpaired) electrons. The van der Waals surface area contributed by atoms with E-state index in [0.29, 0.717) is 37.6 Å². The van der Waals surface area contributed by atoms with Gasteiger partial charge in [0.2, 0.25) is 0 Å². The molecular weight excluding hydrogens is 447 g/mol. The monoisotopic (exact) mass is 476 g/mol. The molecule has 1 saturated heterocycles. The smallest absolute Gasteiger partial charge is 0.252 e. The highest BCUT2D eigenvalue weighted by atomic mass is 19.1. The van der Waals surface area contributed by atoms with Crippen LogP contribution in [-0.2, 0) is 37.3 Å². The average molecular weight is 477 g/mol. The van der Waals surface area contributed by atoms with Gasteiger partial charge < -0.3 is 9.72 Å². The van der Waals surface area contributed by atoms with Crippen LogP contribution in [0.15, 0.2) is 53.3 Å². The maximum atomic E-state index is 13.5. The Hall–Kier alpha value is -3.43. The Kier molecular flexibility index (Phi) is 6.96. The summed E-state index contributed by atoms with van der Waals surface area (Å²) in [7, 11) is 0. The second-order valence-corrected chi connectivity index (χ2v) is 9.08. The number of fused-ring (bicyclic) bond motifs is 1.